The molecular formula is C10H11ClO3S. The summed E-state index contributed by atoms with van der Waals surface area (Å²) in [6, 6.07) is 1.99. The molecular weight excluding hydrogens is 236 g/mol. The van der Waals surface area contributed by atoms with Crippen LogP contribution in [0.4, 0.5) is 0 Å². The SMILES string of the molecule is COC(=O)C1(Cl)OC1(C)Cc1ccsc1. The van der Waals surface area contributed by atoms with Gasteiger partial charge in [0.05, 0.1) is 7.11 Å². The second-order valence-electron chi connectivity index (χ2n) is 3.73. The molecule has 2 atom stereocenters. The van der Waals surface area contributed by atoms with Crippen molar-refractivity contribution in [3.63, 3.8) is 0 Å². The number of rotatable bonds is 3. The summed E-state index contributed by atoms with van der Waals surface area (Å²) in [4.78, 5) is 11.4. The van der Waals surface area contributed by atoms with E-state index in [0.717, 1.165) is 5.56 Å². The van der Waals surface area contributed by atoms with Gasteiger partial charge in [-0.15, -0.1) is 0 Å². The maximum Gasteiger partial charge on any atom is 0.357 e. The molecule has 3 nitrogen and oxygen atoms in total. The number of ether oxygens (including phenoxy) is 2. The fourth-order valence-corrected chi connectivity index (χ4v) is 2.59. The number of carbonyl (C=O) groups excluding carboxylic acids is 1. The zero-order valence-corrected chi connectivity index (χ0v) is 10.0. The number of hydrogen-bond donors (Lipinski definition) is 0. The molecule has 2 rings (SSSR count). The van der Waals surface area contributed by atoms with Gasteiger partial charge in [0, 0.05) is 6.42 Å². The zero-order valence-electron chi connectivity index (χ0n) is 8.45. The van der Waals surface area contributed by atoms with Crippen LogP contribution in [-0.4, -0.2) is 23.7 Å². The smallest absolute Gasteiger partial charge is 0.357 e. The molecule has 1 aliphatic rings. The number of methoxy groups -OCH3 is 1. The van der Waals surface area contributed by atoms with Gasteiger partial charge in [0.2, 0.25) is 0 Å². The van der Waals surface area contributed by atoms with Crippen molar-refractivity contribution in [2.75, 3.05) is 7.11 Å². The molecule has 2 unspecified atom stereocenters. The van der Waals surface area contributed by atoms with Gasteiger partial charge in [-0.1, -0.05) is 11.6 Å². The minimum Gasteiger partial charge on any atom is -0.466 e. The lowest BCUT2D eigenvalue weighted by atomic mass is 9.99. The third-order valence-corrected chi connectivity index (χ3v) is 3.94. The van der Waals surface area contributed by atoms with E-state index in [2.05, 4.69) is 4.74 Å². The quantitative estimate of drug-likeness (QED) is 0.466. The summed E-state index contributed by atoms with van der Waals surface area (Å²) in [5.41, 5.74) is 0.469. The standard InChI is InChI=1S/C10H11ClO3S/c1-9(5-7-3-4-15-6-7)10(11,14-9)8(12)13-2/h3-4,6H,5H2,1-2H3. The van der Waals surface area contributed by atoms with Crippen LogP contribution >= 0.6 is 22.9 Å². The Morgan fingerprint density at radius 1 is 1.73 bits per heavy atom. The molecule has 1 aromatic rings. The number of hydrogen-bond acceptors (Lipinski definition) is 4. The third-order valence-electron chi connectivity index (χ3n) is 2.57. The van der Waals surface area contributed by atoms with E-state index in [0.29, 0.717) is 6.42 Å². The van der Waals surface area contributed by atoms with Crippen LogP contribution in [0.1, 0.15) is 12.5 Å². The van der Waals surface area contributed by atoms with Gasteiger partial charge in [0.25, 0.3) is 5.06 Å². The van der Waals surface area contributed by atoms with Gasteiger partial charge in [-0.25, -0.2) is 4.79 Å². The number of esters is 1. The fraction of sp³-hybridized carbons (Fsp3) is 0.500. The topological polar surface area (TPSA) is 38.8 Å². The molecule has 2 heterocycles. The maximum absolute atomic E-state index is 11.4. The molecule has 82 valence electrons. The van der Waals surface area contributed by atoms with Crippen molar-refractivity contribution >= 4 is 28.9 Å². The van der Waals surface area contributed by atoms with Crippen LogP contribution in [0.5, 0.6) is 0 Å². The van der Waals surface area contributed by atoms with E-state index < -0.39 is 16.6 Å². The highest BCUT2D eigenvalue weighted by molar-refractivity contribution is 7.07. The van der Waals surface area contributed by atoms with Crippen molar-refractivity contribution in [2.45, 2.75) is 24.0 Å². The highest BCUT2D eigenvalue weighted by Gasteiger charge is 2.72. The zero-order chi connectivity index (χ0) is 11.1. The van der Waals surface area contributed by atoms with E-state index in [1.165, 1.54) is 7.11 Å². The highest BCUT2D eigenvalue weighted by atomic mass is 35.5. The van der Waals surface area contributed by atoms with Crippen LogP contribution < -0.4 is 0 Å². The Morgan fingerprint density at radius 2 is 2.47 bits per heavy atom. The number of thiophene rings is 1. The Bertz CT molecular complexity index is 378. The Labute approximate surface area is 96.9 Å². The fourth-order valence-electron chi connectivity index (χ4n) is 1.61. The van der Waals surface area contributed by atoms with Crippen LogP contribution in [0.3, 0.4) is 0 Å². The molecule has 0 radical (unpaired) electrons. The van der Waals surface area contributed by atoms with Crippen molar-refractivity contribution in [3.8, 4) is 0 Å². The molecule has 0 N–H and O–H groups in total. The molecule has 0 bridgehead atoms. The maximum atomic E-state index is 11.4. The summed E-state index contributed by atoms with van der Waals surface area (Å²) in [6.07, 6.45) is 0.620. The van der Waals surface area contributed by atoms with E-state index in [1.807, 2.05) is 23.8 Å². The van der Waals surface area contributed by atoms with Crippen molar-refractivity contribution in [1.29, 1.82) is 0 Å². The summed E-state index contributed by atoms with van der Waals surface area (Å²) in [7, 11) is 1.30. The highest BCUT2D eigenvalue weighted by Crippen LogP contribution is 2.53. The second-order valence-corrected chi connectivity index (χ2v) is 5.04. The van der Waals surface area contributed by atoms with Gasteiger partial charge in [-0.05, 0) is 29.3 Å². The second kappa shape index (κ2) is 3.47. The van der Waals surface area contributed by atoms with E-state index in [4.69, 9.17) is 16.3 Å². The monoisotopic (exact) mass is 246 g/mol. The first kappa shape index (κ1) is 10.9. The Morgan fingerprint density at radius 3 is 3.00 bits per heavy atom. The number of alkyl halides is 1. The first-order valence-corrected chi connectivity index (χ1v) is 5.82. The van der Waals surface area contributed by atoms with Crippen LogP contribution in [0.15, 0.2) is 16.8 Å². The first-order valence-electron chi connectivity index (χ1n) is 4.50. The summed E-state index contributed by atoms with van der Waals surface area (Å²) >= 11 is 7.63. The molecule has 1 aliphatic heterocycles. The van der Waals surface area contributed by atoms with Crippen LogP contribution in [0, 0.1) is 0 Å². The van der Waals surface area contributed by atoms with Crippen molar-refractivity contribution in [2.24, 2.45) is 0 Å². The van der Waals surface area contributed by atoms with Gasteiger partial charge in [0.15, 0.2) is 0 Å². The number of epoxide rings is 1. The van der Waals surface area contributed by atoms with Gasteiger partial charge < -0.3 is 9.47 Å². The number of halogens is 1. The van der Waals surface area contributed by atoms with Crippen LogP contribution in [0.2, 0.25) is 0 Å². The Hall–Kier alpha value is -0.580. The molecule has 1 aromatic heterocycles. The van der Waals surface area contributed by atoms with Gasteiger partial charge in [0.1, 0.15) is 5.60 Å². The van der Waals surface area contributed by atoms with E-state index in [9.17, 15) is 4.79 Å². The van der Waals surface area contributed by atoms with Crippen LogP contribution in [-0.2, 0) is 20.7 Å². The van der Waals surface area contributed by atoms with Crippen LogP contribution in [0.25, 0.3) is 0 Å². The largest absolute Gasteiger partial charge is 0.466 e. The minimum atomic E-state index is -1.30. The lowest BCUT2D eigenvalue weighted by Crippen LogP contribution is -2.29. The summed E-state index contributed by atoms with van der Waals surface area (Å²) in [6.45, 7) is 1.81. The molecule has 0 amide bonds. The van der Waals surface area contributed by atoms with Crippen molar-refractivity contribution in [1.82, 2.24) is 0 Å². The minimum absolute atomic E-state index is 0.526. The van der Waals surface area contributed by atoms with Crippen molar-refractivity contribution in [3.05, 3.63) is 22.4 Å². The Balaban J connectivity index is 2.09. The molecule has 5 heteroatoms. The average Bonchev–Trinajstić information content (AvgIpc) is 2.60. The lowest BCUT2D eigenvalue weighted by molar-refractivity contribution is -0.143. The summed E-state index contributed by atoms with van der Waals surface area (Å²) in [5, 5.41) is 2.69. The molecule has 15 heavy (non-hydrogen) atoms. The molecule has 0 aromatic carbocycles. The first-order chi connectivity index (χ1) is 7.02. The normalized spacial score (nSPS) is 33.8. The van der Waals surface area contributed by atoms with E-state index in [-0.39, 0.29) is 0 Å². The molecule has 1 fully saturated rings. The van der Waals surface area contributed by atoms with Gasteiger partial charge >= 0.3 is 5.97 Å². The van der Waals surface area contributed by atoms with Gasteiger partial charge in [-0.2, -0.15) is 11.3 Å². The van der Waals surface area contributed by atoms with Gasteiger partial charge in [-0.3, -0.25) is 0 Å². The molecule has 0 aliphatic carbocycles. The summed E-state index contributed by atoms with van der Waals surface area (Å²) < 4.78 is 9.91. The molecule has 1 saturated heterocycles. The van der Waals surface area contributed by atoms with E-state index in [1.54, 1.807) is 11.3 Å². The predicted octanol–water partition coefficient (Wildman–Crippen LogP) is 2.19. The number of carbonyl (C=O) groups is 1. The molecule has 0 spiro atoms. The third kappa shape index (κ3) is 1.67. The summed E-state index contributed by atoms with van der Waals surface area (Å²) in [5.74, 6) is -0.526. The molecule has 0 saturated carbocycles. The van der Waals surface area contributed by atoms with Crippen molar-refractivity contribution < 1.29 is 14.3 Å². The average molecular weight is 247 g/mol. The Kier molecular flexibility index (Phi) is 2.53. The predicted molar refractivity (Wildman–Crippen MR) is 58.1 cm³/mol. The van der Waals surface area contributed by atoms with E-state index >= 15 is 0 Å². The lowest BCUT2D eigenvalue weighted by Gasteiger charge is -2.07.